The van der Waals surface area contributed by atoms with Crippen LogP contribution in [0, 0.1) is 0 Å². The van der Waals surface area contributed by atoms with Crippen molar-refractivity contribution in [2.45, 2.75) is 52.2 Å². The molecule has 0 fully saturated rings. The van der Waals surface area contributed by atoms with Gasteiger partial charge in [0.15, 0.2) is 6.61 Å². The van der Waals surface area contributed by atoms with Crippen molar-refractivity contribution >= 4 is 35.0 Å². The van der Waals surface area contributed by atoms with Crippen molar-refractivity contribution in [3.05, 3.63) is 64.1 Å². The number of hydrogen-bond donors (Lipinski definition) is 1. The number of ether oxygens (including phenoxy) is 1. The molecule has 162 valence electrons. The minimum absolute atomic E-state index is 0.0294. The van der Waals surface area contributed by atoms with Crippen LogP contribution in [0.25, 0.3) is 0 Å². The van der Waals surface area contributed by atoms with Gasteiger partial charge in [0.1, 0.15) is 11.8 Å². The van der Waals surface area contributed by atoms with E-state index in [1.54, 1.807) is 41.3 Å². The summed E-state index contributed by atoms with van der Waals surface area (Å²) in [6.07, 6.45) is 1.30. The van der Waals surface area contributed by atoms with Gasteiger partial charge in [0.25, 0.3) is 5.91 Å². The second-order valence-electron chi connectivity index (χ2n) is 7.14. The lowest BCUT2D eigenvalue weighted by Crippen LogP contribution is -2.51. The zero-order chi connectivity index (χ0) is 22.1. The molecule has 2 aromatic carbocycles. The van der Waals surface area contributed by atoms with E-state index in [0.717, 1.165) is 12.0 Å². The Labute approximate surface area is 188 Å². The first-order valence-electron chi connectivity index (χ1n) is 10.1. The maximum atomic E-state index is 13.1. The van der Waals surface area contributed by atoms with Crippen molar-refractivity contribution in [3.8, 4) is 5.75 Å². The molecular weight excluding hydrogens is 423 g/mol. The highest BCUT2D eigenvalue weighted by atomic mass is 35.5. The molecule has 0 unspecified atom stereocenters. The molecular formula is C23H28Cl2N2O3. The SMILES string of the molecule is CC[C@@H](C)NC(=O)[C@@H](CC)N(Cc1ccc(Cl)cc1)C(=O)COc1cccc(Cl)c1. The summed E-state index contributed by atoms with van der Waals surface area (Å²) >= 11 is 12.0. The maximum Gasteiger partial charge on any atom is 0.261 e. The number of rotatable bonds is 10. The van der Waals surface area contributed by atoms with Gasteiger partial charge in [-0.05, 0) is 55.7 Å². The van der Waals surface area contributed by atoms with Gasteiger partial charge in [-0.1, -0.05) is 55.2 Å². The van der Waals surface area contributed by atoms with Crippen LogP contribution >= 0.6 is 23.2 Å². The van der Waals surface area contributed by atoms with E-state index in [4.69, 9.17) is 27.9 Å². The first kappa shape index (κ1) is 24.0. The van der Waals surface area contributed by atoms with Gasteiger partial charge in [-0.3, -0.25) is 9.59 Å². The van der Waals surface area contributed by atoms with Crippen molar-refractivity contribution < 1.29 is 14.3 Å². The third-order valence-corrected chi connectivity index (χ3v) is 5.30. The molecule has 1 N–H and O–H groups in total. The highest BCUT2D eigenvalue weighted by Gasteiger charge is 2.29. The Hall–Kier alpha value is -2.24. The standard InChI is InChI=1S/C23H28Cl2N2O3/c1-4-16(3)26-23(29)21(5-2)27(14-17-9-11-18(24)12-10-17)22(28)15-30-20-8-6-7-19(25)13-20/h6-13,16,21H,4-5,14-15H2,1-3H3,(H,26,29)/t16-,21-/m1/s1. The molecule has 0 aromatic heterocycles. The number of benzene rings is 2. The molecule has 2 aromatic rings. The predicted molar refractivity (Wildman–Crippen MR) is 121 cm³/mol. The van der Waals surface area contributed by atoms with Gasteiger partial charge < -0.3 is 15.0 Å². The van der Waals surface area contributed by atoms with Gasteiger partial charge >= 0.3 is 0 Å². The van der Waals surface area contributed by atoms with Crippen LogP contribution in [-0.2, 0) is 16.1 Å². The Kier molecular flexibility index (Phi) is 9.47. The van der Waals surface area contributed by atoms with Gasteiger partial charge in [-0.25, -0.2) is 0 Å². The number of nitrogens with one attached hydrogen (secondary N) is 1. The molecule has 2 amide bonds. The number of carbonyl (C=O) groups excluding carboxylic acids is 2. The average Bonchev–Trinajstić information content (AvgIpc) is 2.73. The average molecular weight is 451 g/mol. The van der Waals surface area contributed by atoms with Crippen LogP contribution < -0.4 is 10.1 Å². The van der Waals surface area contributed by atoms with E-state index in [1.807, 2.05) is 32.9 Å². The lowest BCUT2D eigenvalue weighted by Gasteiger charge is -2.31. The Balaban J connectivity index is 2.20. The summed E-state index contributed by atoms with van der Waals surface area (Å²) in [6.45, 7) is 5.92. The lowest BCUT2D eigenvalue weighted by atomic mass is 10.1. The molecule has 2 rings (SSSR count). The molecule has 7 heteroatoms. The van der Waals surface area contributed by atoms with Crippen LogP contribution in [0.2, 0.25) is 10.0 Å². The lowest BCUT2D eigenvalue weighted by molar-refractivity contribution is -0.143. The van der Waals surface area contributed by atoms with Gasteiger partial charge in [-0.15, -0.1) is 0 Å². The predicted octanol–water partition coefficient (Wildman–Crippen LogP) is 5.09. The van der Waals surface area contributed by atoms with Crippen LogP contribution in [0.5, 0.6) is 5.75 Å². The molecule has 0 aliphatic heterocycles. The van der Waals surface area contributed by atoms with Gasteiger partial charge in [0, 0.05) is 22.6 Å². The fraction of sp³-hybridized carbons (Fsp3) is 0.391. The summed E-state index contributed by atoms with van der Waals surface area (Å²) in [7, 11) is 0. The molecule has 0 aliphatic carbocycles. The second-order valence-corrected chi connectivity index (χ2v) is 8.01. The molecule has 0 saturated carbocycles. The Bertz CT molecular complexity index is 843. The van der Waals surface area contributed by atoms with Crippen molar-refractivity contribution in [2.24, 2.45) is 0 Å². The Morgan fingerprint density at radius 1 is 1.03 bits per heavy atom. The zero-order valence-electron chi connectivity index (χ0n) is 17.5. The summed E-state index contributed by atoms with van der Waals surface area (Å²) < 4.78 is 5.63. The summed E-state index contributed by atoms with van der Waals surface area (Å²) in [4.78, 5) is 27.5. The summed E-state index contributed by atoms with van der Waals surface area (Å²) in [5.41, 5.74) is 0.880. The monoisotopic (exact) mass is 450 g/mol. The molecule has 5 nitrogen and oxygen atoms in total. The van der Waals surface area contributed by atoms with Crippen LogP contribution in [0.3, 0.4) is 0 Å². The molecule has 2 atom stereocenters. The van der Waals surface area contributed by atoms with E-state index in [9.17, 15) is 9.59 Å². The second kappa shape index (κ2) is 11.8. The number of hydrogen-bond acceptors (Lipinski definition) is 3. The molecule has 0 spiro atoms. The fourth-order valence-electron chi connectivity index (χ4n) is 2.93. The molecule has 0 bridgehead atoms. The molecule has 0 radical (unpaired) electrons. The number of amides is 2. The van der Waals surface area contributed by atoms with Crippen LogP contribution in [0.15, 0.2) is 48.5 Å². The van der Waals surface area contributed by atoms with Gasteiger partial charge in [-0.2, -0.15) is 0 Å². The normalized spacial score (nSPS) is 12.7. The first-order chi connectivity index (χ1) is 14.3. The summed E-state index contributed by atoms with van der Waals surface area (Å²) in [6, 6.07) is 13.5. The van der Waals surface area contributed by atoms with Crippen molar-refractivity contribution in [1.82, 2.24) is 10.2 Å². The Morgan fingerprint density at radius 2 is 1.73 bits per heavy atom. The van der Waals surface area contributed by atoms with Crippen LogP contribution in [-0.4, -0.2) is 35.4 Å². The molecule has 0 aliphatic rings. The van der Waals surface area contributed by atoms with E-state index in [0.29, 0.717) is 22.2 Å². The third-order valence-electron chi connectivity index (χ3n) is 4.81. The quantitative estimate of drug-likeness (QED) is 0.547. The van der Waals surface area contributed by atoms with Crippen LogP contribution in [0.1, 0.15) is 39.2 Å². The van der Waals surface area contributed by atoms with E-state index in [-0.39, 0.29) is 31.0 Å². The highest BCUT2D eigenvalue weighted by Crippen LogP contribution is 2.19. The summed E-state index contributed by atoms with van der Waals surface area (Å²) in [5, 5.41) is 4.12. The van der Waals surface area contributed by atoms with E-state index >= 15 is 0 Å². The molecule has 0 saturated heterocycles. The molecule has 0 heterocycles. The van der Waals surface area contributed by atoms with E-state index in [2.05, 4.69) is 5.32 Å². The van der Waals surface area contributed by atoms with Gasteiger partial charge in [0.05, 0.1) is 0 Å². The number of carbonyl (C=O) groups is 2. The largest absolute Gasteiger partial charge is 0.484 e. The maximum absolute atomic E-state index is 13.1. The fourth-order valence-corrected chi connectivity index (χ4v) is 3.24. The number of halogens is 2. The van der Waals surface area contributed by atoms with Crippen molar-refractivity contribution in [1.29, 1.82) is 0 Å². The minimum Gasteiger partial charge on any atom is -0.484 e. The van der Waals surface area contributed by atoms with Crippen molar-refractivity contribution in [2.75, 3.05) is 6.61 Å². The molecule has 30 heavy (non-hydrogen) atoms. The number of nitrogens with zero attached hydrogens (tertiary/aromatic N) is 1. The zero-order valence-corrected chi connectivity index (χ0v) is 19.0. The van der Waals surface area contributed by atoms with Crippen LogP contribution in [0.4, 0.5) is 0 Å². The minimum atomic E-state index is -0.606. The smallest absolute Gasteiger partial charge is 0.261 e. The van der Waals surface area contributed by atoms with E-state index < -0.39 is 6.04 Å². The third kappa shape index (κ3) is 7.22. The highest BCUT2D eigenvalue weighted by molar-refractivity contribution is 6.30. The van der Waals surface area contributed by atoms with E-state index in [1.165, 1.54) is 0 Å². The summed E-state index contributed by atoms with van der Waals surface area (Å²) in [5.74, 6) is 0.0485. The topological polar surface area (TPSA) is 58.6 Å². The van der Waals surface area contributed by atoms with Crippen molar-refractivity contribution in [3.63, 3.8) is 0 Å². The van der Waals surface area contributed by atoms with Gasteiger partial charge in [0.2, 0.25) is 5.91 Å². The Morgan fingerprint density at radius 3 is 2.33 bits per heavy atom. The first-order valence-corrected chi connectivity index (χ1v) is 10.8.